The summed E-state index contributed by atoms with van der Waals surface area (Å²) in [5.74, 6) is 0.332. The fourth-order valence-corrected chi connectivity index (χ4v) is 0.633. The summed E-state index contributed by atoms with van der Waals surface area (Å²) < 4.78 is 0. The summed E-state index contributed by atoms with van der Waals surface area (Å²) in [5.41, 5.74) is 0.517. The van der Waals surface area contributed by atoms with Gasteiger partial charge in [0.25, 0.3) is 0 Å². The third-order valence-electron chi connectivity index (χ3n) is 1.13. The number of nitriles is 1. The van der Waals surface area contributed by atoms with Gasteiger partial charge in [0.2, 0.25) is 0 Å². The van der Waals surface area contributed by atoms with Gasteiger partial charge in [-0.2, -0.15) is 5.26 Å². The second-order valence-electron chi connectivity index (χ2n) is 1.80. The molecule has 11 heavy (non-hydrogen) atoms. The molecule has 0 unspecified atom stereocenters. The van der Waals surface area contributed by atoms with E-state index in [0.29, 0.717) is 11.3 Å². The zero-order valence-electron chi connectivity index (χ0n) is 5.52. The Hall–Kier alpha value is -1.89. The normalized spacial score (nSPS) is 8.27. The van der Waals surface area contributed by atoms with E-state index in [2.05, 4.69) is 10.2 Å². The Morgan fingerprint density at radius 1 is 1.36 bits per heavy atom. The fourth-order valence-electron chi connectivity index (χ4n) is 0.633. The van der Waals surface area contributed by atoms with E-state index >= 15 is 0 Å². The lowest BCUT2D eigenvalue weighted by Crippen LogP contribution is -1.79. The molecule has 4 heteroatoms. The van der Waals surface area contributed by atoms with E-state index in [1.807, 2.05) is 6.07 Å². The summed E-state index contributed by atoms with van der Waals surface area (Å²) >= 11 is 0. The first-order chi connectivity index (χ1) is 5.36. The summed E-state index contributed by atoms with van der Waals surface area (Å²) in [6.45, 7) is 0. The molecule has 0 aliphatic heterocycles. The molecule has 0 fully saturated rings. The Labute approximate surface area is 63.0 Å². The average Bonchev–Trinajstić information content (AvgIpc) is 2.07. The Balaban J connectivity index is 2.84. The summed E-state index contributed by atoms with van der Waals surface area (Å²) in [5, 5.41) is 10.6. The number of benzene rings is 1. The van der Waals surface area contributed by atoms with Crippen LogP contribution in [0.1, 0.15) is 5.56 Å². The predicted octanol–water partition coefficient (Wildman–Crippen LogP) is 1.62. The third-order valence-corrected chi connectivity index (χ3v) is 1.13. The van der Waals surface area contributed by atoms with Gasteiger partial charge in [0.05, 0.1) is 11.6 Å². The quantitative estimate of drug-likeness (QED) is 0.472. The molecule has 0 heterocycles. The van der Waals surface area contributed by atoms with Gasteiger partial charge in [0, 0.05) is 0 Å². The van der Waals surface area contributed by atoms with Crippen LogP contribution in [0.25, 0.3) is 0 Å². The molecule has 0 radical (unpaired) electrons. The summed E-state index contributed by atoms with van der Waals surface area (Å²) in [6.07, 6.45) is 0. The standard InChI is InChI=1S/C7H4N2O2/c8-5-6-1-3-7(4-2-6)11-9-10/h1-4H. The fraction of sp³-hybridized carbons (Fsp3) is 0. The number of hydrogen-bond donors (Lipinski definition) is 0. The predicted molar refractivity (Wildman–Crippen MR) is 37.6 cm³/mol. The van der Waals surface area contributed by atoms with E-state index in [1.165, 1.54) is 12.1 Å². The molecule has 0 saturated carbocycles. The molecule has 54 valence electrons. The first-order valence-electron chi connectivity index (χ1n) is 2.86. The van der Waals surface area contributed by atoms with Crippen molar-refractivity contribution in [2.75, 3.05) is 0 Å². The van der Waals surface area contributed by atoms with E-state index in [-0.39, 0.29) is 0 Å². The van der Waals surface area contributed by atoms with Gasteiger partial charge in [0.1, 0.15) is 0 Å². The van der Waals surface area contributed by atoms with Crippen LogP contribution in [0, 0.1) is 16.2 Å². The van der Waals surface area contributed by atoms with Gasteiger partial charge in [0.15, 0.2) is 11.1 Å². The van der Waals surface area contributed by atoms with E-state index in [0.717, 1.165) is 0 Å². The van der Waals surface area contributed by atoms with Gasteiger partial charge in [-0.15, -0.1) is 4.91 Å². The van der Waals surface area contributed by atoms with Crippen LogP contribution in [0.3, 0.4) is 0 Å². The minimum absolute atomic E-state index is 0.332. The maximum atomic E-state index is 9.59. The lowest BCUT2D eigenvalue weighted by atomic mass is 10.2. The molecule has 0 atom stereocenters. The highest BCUT2D eigenvalue weighted by Crippen LogP contribution is 2.10. The summed E-state index contributed by atoms with van der Waals surface area (Å²) in [7, 11) is 0. The molecule has 1 aromatic carbocycles. The Kier molecular flexibility index (Phi) is 2.18. The molecule has 0 aliphatic rings. The van der Waals surface area contributed by atoms with Gasteiger partial charge in [-0.1, -0.05) is 0 Å². The molecule has 1 aromatic rings. The minimum atomic E-state index is 0.332. The second kappa shape index (κ2) is 3.32. The van der Waals surface area contributed by atoms with E-state index in [9.17, 15) is 4.91 Å². The SMILES string of the molecule is N#Cc1ccc(ON=O)cc1. The Morgan fingerprint density at radius 3 is 2.45 bits per heavy atom. The highest BCUT2D eigenvalue weighted by Gasteiger charge is 1.92. The molecule has 0 spiro atoms. The molecule has 4 nitrogen and oxygen atoms in total. The van der Waals surface area contributed by atoms with Crippen LogP contribution in [0.4, 0.5) is 0 Å². The maximum absolute atomic E-state index is 9.59. The zero-order chi connectivity index (χ0) is 8.10. The first kappa shape index (κ1) is 7.22. The van der Waals surface area contributed by atoms with Crippen LogP contribution in [-0.4, -0.2) is 0 Å². The van der Waals surface area contributed by atoms with Gasteiger partial charge in [-0.3, -0.25) is 0 Å². The highest BCUT2D eigenvalue weighted by molar-refractivity contribution is 5.34. The first-order valence-corrected chi connectivity index (χ1v) is 2.86. The van der Waals surface area contributed by atoms with Crippen LogP contribution in [-0.2, 0) is 0 Å². The molecule has 0 bridgehead atoms. The van der Waals surface area contributed by atoms with Crippen molar-refractivity contribution in [1.29, 1.82) is 5.26 Å². The topological polar surface area (TPSA) is 62.4 Å². The lowest BCUT2D eigenvalue weighted by molar-refractivity contribution is 0.335. The van der Waals surface area contributed by atoms with Crippen molar-refractivity contribution in [2.24, 2.45) is 5.34 Å². The van der Waals surface area contributed by atoms with Crippen molar-refractivity contribution in [1.82, 2.24) is 0 Å². The van der Waals surface area contributed by atoms with E-state index in [1.54, 1.807) is 12.1 Å². The van der Waals surface area contributed by atoms with Crippen molar-refractivity contribution < 1.29 is 4.84 Å². The van der Waals surface area contributed by atoms with Gasteiger partial charge < -0.3 is 4.84 Å². The van der Waals surface area contributed by atoms with Gasteiger partial charge in [-0.25, -0.2) is 0 Å². The Morgan fingerprint density at radius 2 is 2.00 bits per heavy atom. The highest BCUT2D eigenvalue weighted by atomic mass is 16.7. The Bertz CT molecular complexity index is 286. The molecule has 1 rings (SSSR count). The van der Waals surface area contributed by atoms with Gasteiger partial charge in [-0.05, 0) is 24.3 Å². The molecule has 0 saturated heterocycles. The number of nitrogens with zero attached hydrogens (tertiary/aromatic N) is 2. The maximum Gasteiger partial charge on any atom is 0.161 e. The van der Waals surface area contributed by atoms with Gasteiger partial charge >= 0.3 is 0 Å². The monoisotopic (exact) mass is 148 g/mol. The number of hydrogen-bond acceptors (Lipinski definition) is 4. The van der Waals surface area contributed by atoms with Crippen LogP contribution in [0.5, 0.6) is 5.75 Å². The van der Waals surface area contributed by atoms with Crippen LogP contribution in [0.2, 0.25) is 0 Å². The average molecular weight is 148 g/mol. The molecular formula is C7H4N2O2. The third kappa shape index (κ3) is 1.76. The summed E-state index contributed by atoms with van der Waals surface area (Å²) in [6, 6.07) is 8.02. The smallest absolute Gasteiger partial charge is 0.161 e. The van der Waals surface area contributed by atoms with Crippen molar-refractivity contribution in [2.45, 2.75) is 0 Å². The molecule has 0 aromatic heterocycles. The minimum Gasteiger partial charge on any atom is -0.324 e. The number of rotatable bonds is 2. The second-order valence-corrected chi connectivity index (χ2v) is 1.80. The van der Waals surface area contributed by atoms with E-state index < -0.39 is 0 Å². The molecule has 0 amide bonds. The molecule has 0 aliphatic carbocycles. The van der Waals surface area contributed by atoms with Crippen molar-refractivity contribution >= 4 is 0 Å². The largest absolute Gasteiger partial charge is 0.324 e. The van der Waals surface area contributed by atoms with Crippen LogP contribution >= 0.6 is 0 Å². The van der Waals surface area contributed by atoms with Crippen molar-refractivity contribution in [3.05, 3.63) is 34.7 Å². The van der Waals surface area contributed by atoms with Crippen molar-refractivity contribution in [3.63, 3.8) is 0 Å². The molecule has 0 N–H and O–H groups in total. The van der Waals surface area contributed by atoms with Crippen molar-refractivity contribution in [3.8, 4) is 11.8 Å². The lowest BCUT2D eigenvalue weighted by Gasteiger charge is -1.92. The zero-order valence-corrected chi connectivity index (χ0v) is 5.52. The van der Waals surface area contributed by atoms with Crippen LogP contribution < -0.4 is 4.84 Å². The molecular weight excluding hydrogens is 144 g/mol. The van der Waals surface area contributed by atoms with Crippen LogP contribution in [0.15, 0.2) is 29.6 Å². The summed E-state index contributed by atoms with van der Waals surface area (Å²) in [4.78, 5) is 13.9. The van der Waals surface area contributed by atoms with E-state index in [4.69, 9.17) is 5.26 Å².